The van der Waals surface area contributed by atoms with E-state index in [1.807, 2.05) is 13.0 Å². The number of carbonyl (C=O) groups excluding carboxylic acids is 2. The lowest BCUT2D eigenvalue weighted by Crippen LogP contribution is -2.34. The van der Waals surface area contributed by atoms with Crippen molar-refractivity contribution in [2.75, 3.05) is 25.5 Å². The molecule has 0 atom stereocenters. The van der Waals surface area contributed by atoms with E-state index in [0.29, 0.717) is 23.7 Å². The van der Waals surface area contributed by atoms with Crippen molar-refractivity contribution in [3.8, 4) is 0 Å². The van der Waals surface area contributed by atoms with Gasteiger partial charge in [0, 0.05) is 13.0 Å². The molecule has 0 aliphatic rings. The normalized spacial score (nSPS) is 10.1. The Kier molecular flexibility index (Phi) is 6.32. The number of rotatable bonds is 6. The van der Waals surface area contributed by atoms with E-state index in [2.05, 4.69) is 16.0 Å². The molecule has 0 heterocycles. The number of anilines is 1. The SMILES string of the molecule is CNCCC(=O)NCC(=O)Nc1ccc(C)cc1Cl. The van der Waals surface area contributed by atoms with Crippen molar-refractivity contribution in [1.82, 2.24) is 10.6 Å². The standard InChI is InChI=1S/C13H18ClN3O2/c1-9-3-4-11(10(14)7-9)17-13(19)8-16-12(18)5-6-15-2/h3-4,7,15H,5-6,8H2,1-2H3,(H,16,18)(H,17,19). The van der Waals surface area contributed by atoms with E-state index >= 15 is 0 Å². The van der Waals surface area contributed by atoms with Gasteiger partial charge in [0.1, 0.15) is 0 Å². The smallest absolute Gasteiger partial charge is 0.243 e. The van der Waals surface area contributed by atoms with Crippen LogP contribution in [-0.4, -0.2) is 32.0 Å². The lowest BCUT2D eigenvalue weighted by molar-refractivity contribution is -0.124. The first-order valence-corrected chi connectivity index (χ1v) is 6.38. The van der Waals surface area contributed by atoms with Crippen molar-refractivity contribution in [2.45, 2.75) is 13.3 Å². The monoisotopic (exact) mass is 283 g/mol. The molecule has 0 aliphatic heterocycles. The van der Waals surface area contributed by atoms with Crippen LogP contribution in [0, 0.1) is 6.92 Å². The maximum absolute atomic E-state index is 11.6. The molecular weight excluding hydrogens is 266 g/mol. The van der Waals surface area contributed by atoms with Crippen LogP contribution < -0.4 is 16.0 Å². The van der Waals surface area contributed by atoms with Crippen molar-refractivity contribution in [3.05, 3.63) is 28.8 Å². The molecule has 19 heavy (non-hydrogen) atoms. The van der Waals surface area contributed by atoms with E-state index in [0.717, 1.165) is 5.56 Å². The Morgan fingerprint density at radius 2 is 2.00 bits per heavy atom. The molecule has 0 fully saturated rings. The number of hydrogen-bond donors (Lipinski definition) is 3. The number of benzene rings is 1. The molecule has 0 radical (unpaired) electrons. The third-order valence-electron chi connectivity index (χ3n) is 2.45. The number of hydrogen-bond acceptors (Lipinski definition) is 3. The summed E-state index contributed by atoms with van der Waals surface area (Å²) >= 11 is 5.99. The number of nitrogens with one attached hydrogen (secondary N) is 3. The summed E-state index contributed by atoms with van der Waals surface area (Å²) in [7, 11) is 1.76. The second kappa shape index (κ2) is 7.76. The van der Waals surface area contributed by atoms with Crippen LogP contribution in [0.4, 0.5) is 5.69 Å². The zero-order chi connectivity index (χ0) is 14.3. The van der Waals surface area contributed by atoms with Crippen molar-refractivity contribution >= 4 is 29.1 Å². The molecule has 104 valence electrons. The highest BCUT2D eigenvalue weighted by Crippen LogP contribution is 2.22. The molecule has 1 rings (SSSR count). The second-order valence-electron chi connectivity index (χ2n) is 4.16. The summed E-state index contributed by atoms with van der Waals surface area (Å²) in [5.41, 5.74) is 1.56. The first-order valence-electron chi connectivity index (χ1n) is 6.00. The first-order chi connectivity index (χ1) is 9.02. The van der Waals surface area contributed by atoms with Crippen LogP contribution in [0.3, 0.4) is 0 Å². The fourth-order valence-electron chi connectivity index (χ4n) is 1.42. The summed E-state index contributed by atoms with van der Waals surface area (Å²) in [5.74, 6) is -0.469. The Bertz CT molecular complexity index is 463. The third kappa shape index (κ3) is 5.72. The Morgan fingerprint density at radius 1 is 1.26 bits per heavy atom. The molecule has 2 amide bonds. The average molecular weight is 284 g/mol. The summed E-state index contributed by atoms with van der Waals surface area (Å²) in [6.07, 6.45) is 0.342. The molecule has 0 aromatic heterocycles. The highest BCUT2D eigenvalue weighted by molar-refractivity contribution is 6.33. The molecule has 3 N–H and O–H groups in total. The summed E-state index contributed by atoms with van der Waals surface area (Å²) in [6.45, 7) is 2.43. The molecule has 1 aromatic rings. The molecule has 1 aromatic carbocycles. The average Bonchev–Trinajstić information content (AvgIpc) is 2.37. The molecule has 0 saturated carbocycles. The Morgan fingerprint density at radius 3 is 2.63 bits per heavy atom. The number of aryl methyl sites for hydroxylation is 1. The zero-order valence-electron chi connectivity index (χ0n) is 11.0. The molecule has 0 aliphatic carbocycles. The molecule has 0 bridgehead atoms. The highest BCUT2D eigenvalue weighted by Gasteiger charge is 2.07. The minimum atomic E-state index is -0.302. The minimum Gasteiger partial charge on any atom is -0.347 e. The summed E-state index contributed by atoms with van der Waals surface area (Å²) in [4.78, 5) is 22.9. The van der Waals surface area contributed by atoms with Crippen molar-refractivity contribution < 1.29 is 9.59 Å². The van der Waals surface area contributed by atoms with E-state index in [9.17, 15) is 9.59 Å². The topological polar surface area (TPSA) is 70.2 Å². The van der Waals surface area contributed by atoms with Crippen LogP contribution in [-0.2, 0) is 9.59 Å². The molecule has 6 heteroatoms. The zero-order valence-corrected chi connectivity index (χ0v) is 11.8. The summed E-state index contributed by atoms with van der Waals surface area (Å²) in [5, 5.41) is 8.52. The predicted molar refractivity (Wildman–Crippen MR) is 76.4 cm³/mol. The minimum absolute atomic E-state index is 0.0627. The summed E-state index contributed by atoms with van der Waals surface area (Å²) < 4.78 is 0. The molecule has 0 spiro atoms. The van der Waals surface area contributed by atoms with Crippen LogP contribution in [0.2, 0.25) is 5.02 Å². The van der Waals surface area contributed by atoms with Gasteiger partial charge in [0.2, 0.25) is 11.8 Å². The van der Waals surface area contributed by atoms with E-state index in [4.69, 9.17) is 11.6 Å². The van der Waals surface area contributed by atoms with Gasteiger partial charge < -0.3 is 16.0 Å². The second-order valence-corrected chi connectivity index (χ2v) is 4.57. The van der Waals surface area contributed by atoms with Gasteiger partial charge in [-0.05, 0) is 31.7 Å². The van der Waals surface area contributed by atoms with Crippen molar-refractivity contribution in [2.24, 2.45) is 0 Å². The van der Waals surface area contributed by atoms with Crippen molar-refractivity contribution in [1.29, 1.82) is 0 Å². The van der Waals surface area contributed by atoms with E-state index < -0.39 is 0 Å². The molecule has 5 nitrogen and oxygen atoms in total. The van der Waals surface area contributed by atoms with Gasteiger partial charge in [-0.3, -0.25) is 9.59 Å². The van der Waals surface area contributed by atoms with Gasteiger partial charge in [-0.2, -0.15) is 0 Å². The summed E-state index contributed by atoms with van der Waals surface area (Å²) in [6, 6.07) is 5.36. The third-order valence-corrected chi connectivity index (χ3v) is 2.76. The van der Waals surface area contributed by atoms with Gasteiger partial charge in [-0.25, -0.2) is 0 Å². The number of amides is 2. The fraction of sp³-hybridized carbons (Fsp3) is 0.385. The maximum atomic E-state index is 11.6. The van der Waals surface area contributed by atoms with Crippen LogP contribution in [0.15, 0.2) is 18.2 Å². The Balaban J connectivity index is 2.41. The van der Waals surface area contributed by atoms with Crippen LogP contribution in [0.5, 0.6) is 0 Å². The number of halogens is 1. The molecular formula is C13H18ClN3O2. The van der Waals surface area contributed by atoms with Gasteiger partial charge in [-0.1, -0.05) is 17.7 Å². The maximum Gasteiger partial charge on any atom is 0.243 e. The largest absolute Gasteiger partial charge is 0.347 e. The van der Waals surface area contributed by atoms with Gasteiger partial charge in [0.25, 0.3) is 0 Å². The van der Waals surface area contributed by atoms with E-state index in [-0.39, 0.29) is 18.4 Å². The van der Waals surface area contributed by atoms with Gasteiger partial charge >= 0.3 is 0 Å². The Labute approximate surface area is 117 Å². The fourth-order valence-corrected chi connectivity index (χ4v) is 1.70. The van der Waals surface area contributed by atoms with Crippen LogP contribution in [0.25, 0.3) is 0 Å². The first kappa shape index (κ1) is 15.5. The van der Waals surface area contributed by atoms with E-state index in [1.165, 1.54) is 0 Å². The predicted octanol–water partition coefficient (Wildman–Crippen LogP) is 1.31. The van der Waals surface area contributed by atoms with Gasteiger partial charge in [0.15, 0.2) is 0 Å². The quantitative estimate of drug-likeness (QED) is 0.737. The van der Waals surface area contributed by atoms with Crippen LogP contribution >= 0.6 is 11.6 Å². The van der Waals surface area contributed by atoms with Gasteiger partial charge in [-0.15, -0.1) is 0 Å². The van der Waals surface area contributed by atoms with E-state index in [1.54, 1.807) is 19.2 Å². The van der Waals surface area contributed by atoms with Gasteiger partial charge in [0.05, 0.1) is 17.3 Å². The van der Waals surface area contributed by atoms with Crippen molar-refractivity contribution in [3.63, 3.8) is 0 Å². The van der Waals surface area contributed by atoms with Crippen LogP contribution in [0.1, 0.15) is 12.0 Å². The lowest BCUT2D eigenvalue weighted by atomic mass is 10.2. The molecule has 0 unspecified atom stereocenters. The highest BCUT2D eigenvalue weighted by atomic mass is 35.5. The molecule has 0 saturated heterocycles. The number of carbonyl (C=O) groups is 2. The Hall–Kier alpha value is -1.59. The lowest BCUT2D eigenvalue weighted by Gasteiger charge is -2.09.